The van der Waals surface area contributed by atoms with Gasteiger partial charge < -0.3 is 5.32 Å². The predicted molar refractivity (Wildman–Crippen MR) is 59.4 cm³/mol. The van der Waals surface area contributed by atoms with E-state index in [1.165, 1.54) is 4.90 Å². The number of carbonyl (C=O) groups is 3. The Morgan fingerprint density at radius 3 is 2.65 bits per heavy atom. The van der Waals surface area contributed by atoms with Crippen LogP contribution < -0.4 is 10.2 Å². The van der Waals surface area contributed by atoms with Gasteiger partial charge in [0.25, 0.3) is 5.78 Å². The summed E-state index contributed by atoms with van der Waals surface area (Å²) < 4.78 is 0. The van der Waals surface area contributed by atoms with E-state index in [0.717, 1.165) is 0 Å². The summed E-state index contributed by atoms with van der Waals surface area (Å²) in [4.78, 5) is 36.2. The minimum absolute atomic E-state index is 0.0837. The van der Waals surface area contributed by atoms with Gasteiger partial charge in [0.05, 0.1) is 11.3 Å². The van der Waals surface area contributed by atoms with E-state index in [1.54, 1.807) is 24.3 Å². The molecule has 1 fully saturated rings. The van der Waals surface area contributed by atoms with Gasteiger partial charge in [-0.1, -0.05) is 12.1 Å². The Bertz CT molecular complexity index is 538. The van der Waals surface area contributed by atoms with Crippen molar-refractivity contribution in [3.63, 3.8) is 0 Å². The molecule has 3 rings (SSSR count). The lowest BCUT2D eigenvalue weighted by molar-refractivity contribution is -0.119. The molecule has 1 saturated heterocycles. The molecule has 1 atom stereocenters. The second-order valence-corrected chi connectivity index (χ2v) is 4.14. The van der Waals surface area contributed by atoms with Crippen LogP contribution in [0.1, 0.15) is 23.2 Å². The van der Waals surface area contributed by atoms with Crippen LogP contribution in [-0.4, -0.2) is 23.8 Å². The highest BCUT2D eigenvalue weighted by molar-refractivity contribution is 6.52. The average Bonchev–Trinajstić information content (AvgIpc) is 2.84. The first-order chi connectivity index (χ1) is 8.18. The highest BCUT2D eigenvalue weighted by atomic mass is 16.2. The van der Waals surface area contributed by atoms with E-state index in [0.29, 0.717) is 24.1 Å². The lowest BCUT2D eigenvalue weighted by Gasteiger charge is -2.23. The minimum atomic E-state index is -0.557. The summed E-state index contributed by atoms with van der Waals surface area (Å²) in [6, 6.07) is 6.85. The van der Waals surface area contributed by atoms with E-state index in [9.17, 15) is 14.4 Å². The summed E-state index contributed by atoms with van der Waals surface area (Å²) in [7, 11) is 0. The second-order valence-electron chi connectivity index (χ2n) is 4.14. The largest absolute Gasteiger partial charge is 0.335 e. The molecule has 0 bridgehead atoms. The molecule has 1 aromatic carbocycles. The summed E-state index contributed by atoms with van der Waals surface area (Å²) in [5.74, 6) is -1.14. The van der Waals surface area contributed by atoms with Crippen LogP contribution in [0.4, 0.5) is 5.69 Å². The highest BCUT2D eigenvalue weighted by Crippen LogP contribution is 2.31. The maximum atomic E-state index is 11.9. The molecule has 17 heavy (non-hydrogen) atoms. The topological polar surface area (TPSA) is 66.5 Å². The van der Waals surface area contributed by atoms with Gasteiger partial charge in [-0.3, -0.25) is 19.3 Å². The molecule has 0 radical (unpaired) electrons. The average molecular weight is 230 g/mol. The summed E-state index contributed by atoms with van der Waals surface area (Å²) in [5.41, 5.74) is 1.01. The maximum absolute atomic E-state index is 11.9. The van der Waals surface area contributed by atoms with Crippen molar-refractivity contribution in [1.82, 2.24) is 5.32 Å². The maximum Gasteiger partial charge on any atom is 0.301 e. The number of hydrogen-bond acceptors (Lipinski definition) is 3. The SMILES string of the molecule is O=C1CCC(N2C(=O)C(=O)c3ccccc32)N1. The van der Waals surface area contributed by atoms with Crippen LogP contribution >= 0.6 is 0 Å². The monoisotopic (exact) mass is 230 g/mol. The number of Topliss-reactive ketones (excluding diaryl/α,β-unsaturated/α-hetero) is 1. The van der Waals surface area contributed by atoms with Gasteiger partial charge in [-0.2, -0.15) is 0 Å². The Morgan fingerprint density at radius 2 is 1.94 bits per heavy atom. The number of benzene rings is 1. The predicted octanol–water partition coefficient (Wildman–Crippen LogP) is 0.452. The van der Waals surface area contributed by atoms with Crippen LogP contribution in [0.2, 0.25) is 0 Å². The first-order valence-corrected chi connectivity index (χ1v) is 5.45. The number of nitrogens with zero attached hydrogens (tertiary/aromatic N) is 1. The van der Waals surface area contributed by atoms with E-state index < -0.39 is 11.7 Å². The van der Waals surface area contributed by atoms with Crippen LogP contribution in [0.25, 0.3) is 0 Å². The fourth-order valence-electron chi connectivity index (χ4n) is 2.31. The zero-order valence-corrected chi connectivity index (χ0v) is 8.97. The third kappa shape index (κ3) is 1.35. The van der Waals surface area contributed by atoms with Crippen molar-refractivity contribution < 1.29 is 14.4 Å². The van der Waals surface area contributed by atoms with E-state index >= 15 is 0 Å². The van der Waals surface area contributed by atoms with Gasteiger partial charge in [0.15, 0.2) is 0 Å². The molecule has 0 spiro atoms. The van der Waals surface area contributed by atoms with Crippen LogP contribution in [0.3, 0.4) is 0 Å². The molecule has 1 N–H and O–H groups in total. The molecule has 86 valence electrons. The number of fused-ring (bicyclic) bond motifs is 1. The third-order valence-corrected chi connectivity index (χ3v) is 3.11. The van der Waals surface area contributed by atoms with Crippen LogP contribution in [0.5, 0.6) is 0 Å². The number of para-hydroxylation sites is 1. The summed E-state index contributed by atoms with van der Waals surface area (Å²) in [6.45, 7) is 0. The number of rotatable bonds is 1. The molecule has 5 heteroatoms. The summed E-state index contributed by atoms with van der Waals surface area (Å²) in [6.07, 6.45) is 0.555. The lowest BCUT2D eigenvalue weighted by atomic mass is 10.1. The molecule has 2 aliphatic heterocycles. The quantitative estimate of drug-likeness (QED) is 0.712. The molecule has 2 aliphatic rings. The summed E-state index contributed by atoms with van der Waals surface area (Å²) >= 11 is 0. The fraction of sp³-hybridized carbons (Fsp3) is 0.250. The van der Waals surface area contributed by atoms with Gasteiger partial charge in [0, 0.05) is 6.42 Å². The number of hydrogen-bond donors (Lipinski definition) is 1. The van der Waals surface area contributed by atoms with Crippen LogP contribution in [0, 0.1) is 0 Å². The molecule has 0 aliphatic carbocycles. The lowest BCUT2D eigenvalue weighted by Crippen LogP contribution is -2.46. The van der Waals surface area contributed by atoms with Gasteiger partial charge >= 0.3 is 5.91 Å². The first kappa shape index (κ1) is 10.0. The van der Waals surface area contributed by atoms with Gasteiger partial charge in [0.1, 0.15) is 6.17 Å². The van der Waals surface area contributed by atoms with E-state index in [-0.39, 0.29) is 12.1 Å². The van der Waals surface area contributed by atoms with E-state index in [4.69, 9.17) is 0 Å². The third-order valence-electron chi connectivity index (χ3n) is 3.11. The van der Waals surface area contributed by atoms with Crippen molar-refractivity contribution in [3.05, 3.63) is 29.8 Å². The minimum Gasteiger partial charge on any atom is -0.335 e. The van der Waals surface area contributed by atoms with E-state index in [1.807, 2.05) is 0 Å². The zero-order chi connectivity index (χ0) is 12.0. The molecular weight excluding hydrogens is 220 g/mol. The van der Waals surface area contributed by atoms with Gasteiger partial charge in [0.2, 0.25) is 5.91 Å². The molecule has 1 unspecified atom stereocenters. The number of carbonyl (C=O) groups excluding carboxylic acids is 3. The van der Waals surface area contributed by atoms with Gasteiger partial charge in [-0.15, -0.1) is 0 Å². The molecule has 5 nitrogen and oxygen atoms in total. The van der Waals surface area contributed by atoms with Gasteiger partial charge in [-0.05, 0) is 18.6 Å². The smallest absolute Gasteiger partial charge is 0.301 e. The van der Waals surface area contributed by atoms with Crippen LogP contribution in [0.15, 0.2) is 24.3 Å². The number of anilines is 1. The Labute approximate surface area is 97.4 Å². The second kappa shape index (κ2) is 3.41. The molecule has 2 heterocycles. The van der Waals surface area contributed by atoms with Crippen molar-refractivity contribution in [2.45, 2.75) is 19.0 Å². The van der Waals surface area contributed by atoms with Gasteiger partial charge in [-0.25, -0.2) is 0 Å². The van der Waals surface area contributed by atoms with E-state index in [2.05, 4.69) is 5.32 Å². The van der Waals surface area contributed by atoms with Crippen molar-refractivity contribution in [2.75, 3.05) is 4.90 Å². The molecule has 0 saturated carbocycles. The fourth-order valence-corrected chi connectivity index (χ4v) is 2.31. The van der Waals surface area contributed by atoms with Crippen molar-refractivity contribution in [2.24, 2.45) is 0 Å². The summed E-state index contributed by atoms with van der Waals surface area (Å²) in [5, 5.41) is 2.70. The number of nitrogens with one attached hydrogen (secondary N) is 1. The highest BCUT2D eigenvalue weighted by Gasteiger charge is 2.41. The Hall–Kier alpha value is -2.17. The molecule has 1 aromatic rings. The van der Waals surface area contributed by atoms with Crippen molar-refractivity contribution >= 4 is 23.3 Å². The molecular formula is C12H10N2O3. The molecule has 2 amide bonds. The molecule has 0 aromatic heterocycles. The Balaban J connectivity index is 2.03. The Morgan fingerprint density at radius 1 is 1.18 bits per heavy atom. The first-order valence-electron chi connectivity index (χ1n) is 5.45. The van der Waals surface area contributed by atoms with Crippen LogP contribution in [-0.2, 0) is 9.59 Å². The number of ketones is 1. The standard InChI is InChI=1S/C12H10N2O3/c15-10-6-5-9(13-10)14-8-4-2-1-3-7(8)11(16)12(14)17/h1-4,9H,5-6H2,(H,13,15). The van der Waals surface area contributed by atoms with Crippen molar-refractivity contribution in [3.8, 4) is 0 Å². The van der Waals surface area contributed by atoms with Crippen molar-refractivity contribution in [1.29, 1.82) is 0 Å². The normalized spacial score (nSPS) is 22.9. The zero-order valence-electron chi connectivity index (χ0n) is 8.97. The Kier molecular flexibility index (Phi) is 2.01. The number of amides is 2.